The van der Waals surface area contributed by atoms with Gasteiger partial charge in [0.1, 0.15) is 6.10 Å². The van der Waals surface area contributed by atoms with E-state index in [1.165, 1.54) is 4.52 Å². The molecule has 0 radical (unpaired) electrons. The molecule has 0 aliphatic carbocycles. The first-order valence-corrected chi connectivity index (χ1v) is 5.44. The second-order valence-electron chi connectivity index (χ2n) is 3.16. The fourth-order valence-electron chi connectivity index (χ4n) is 1.18. The SMILES string of the molecule is Cc1nn2c(Cl)nc(C(C)O)nc2c1Br. The molecular formula is C8H8BrClN4O. The van der Waals surface area contributed by atoms with Crippen molar-refractivity contribution >= 4 is 33.2 Å². The molecule has 0 aliphatic heterocycles. The largest absolute Gasteiger partial charge is 0.385 e. The van der Waals surface area contributed by atoms with E-state index in [2.05, 4.69) is 31.0 Å². The van der Waals surface area contributed by atoms with Gasteiger partial charge in [-0.25, -0.2) is 4.98 Å². The number of aryl methyl sites for hydroxylation is 1. The number of hydrogen-bond acceptors (Lipinski definition) is 4. The number of fused-ring (bicyclic) bond motifs is 1. The van der Waals surface area contributed by atoms with Gasteiger partial charge in [0, 0.05) is 0 Å². The van der Waals surface area contributed by atoms with Crippen LogP contribution in [0.25, 0.3) is 5.65 Å². The third-order valence-corrected chi connectivity index (χ3v) is 3.11. The summed E-state index contributed by atoms with van der Waals surface area (Å²) in [6.07, 6.45) is -0.755. The average Bonchev–Trinajstić information content (AvgIpc) is 2.45. The van der Waals surface area contributed by atoms with Gasteiger partial charge < -0.3 is 5.11 Å². The third kappa shape index (κ3) is 1.73. The van der Waals surface area contributed by atoms with Crippen LogP contribution in [0.1, 0.15) is 24.5 Å². The summed E-state index contributed by atoms with van der Waals surface area (Å²) < 4.78 is 2.18. The molecule has 0 fully saturated rings. The first kappa shape index (κ1) is 10.8. The van der Waals surface area contributed by atoms with Gasteiger partial charge in [0.2, 0.25) is 5.28 Å². The Hall–Kier alpha value is -0.720. The fourth-order valence-corrected chi connectivity index (χ4v) is 1.72. The summed E-state index contributed by atoms with van der Waals surface area (Å²) in [7, 11) is 0. The van der Waals surface area contributed by atoms with E-state index in [0.717, 1.165) is 10.2 Å². The zero-order valence-electron chi connectivity index (χ0n) is 8.07. The van der Waals surface area contributed by atoms with Crippen LogP contribution in [0.15, 0.2) is 4.47 Å². The van der Waals surface area contributed by atoms with Crippen molar-refractivity contribution in [1.29, 1.82) is 0 Å². The van der Waals surface area contributed by atoms with Gasteiger partial charge in [0.15, 0.2) is 11.5 Å². The highest BCUT2D eigenvalue weighted by Crippen LogP contribution is 2.23. The number of aliphatic hydroxyl groups is 1. The topological polar surface area (TPSA) is 63.3 Å². The van der Waals surface area contributed by atoms with Gasteiger partial charge in [-0.3, -0.25) is 0 Å². The Balaban J connectivity index is 2.79. The molecule has 0 bridgehead atoms. The standard InChI is InChI=1S/C8H8BrClN4O/c1-3-5(9)7-11-6(4(2)15)12-8(10)14(7)13-3/h4,15H,1-2H3. The Kier molecular flexibility index (Phi) is 2.66. The highest BCUT2D eigenvalue weighted by atomic mass is 79.9. The lowest BCUT2D eigenvalue weighted by Crippen LogP contribution is -2.05. The Bertz CT molecular complexity index is 525. The number of nitrogens with zero attached hydrogens (tertiary/aromatic N) is 4. The maximum absolute atomic E-state index is 9.38. The number of halogens is 2. The van der Waals surface area contributed by atoms with Crippen molar-refractivity contribution in [3.05, 3.63) is 21.3 Å². The third-order valence-electron chi connectivity index (χ3n) is 1.94. The minimum atomic E-state index is -0.755. The molecular weight excluding hydrogens is 283 g/mol. The van der Waals surface area contributed by atoms with Crippen molar-refractivity contribution < 1.29 is 5.11 Å². The van der Waals surface area contributed by atoms with Crippen LogP contribution < -0.4 is 0 Å². The smallest absolute Gasteiger partial charge is 0.227 e. The molecule has 7 heteroatoms. The molecule has 1 N–H and O–H groups in total. The van der Waals surface area contributed by atoms with Crippen molar-refractivity contribution in [2.75, 3.05) is 0 Å². The minimum Gasteiger partial charge on any atom is -0.385 e. The van der Waals surface area contributed by atoms with E-state index in [-0.39, 0.29) is 11.1 Å². The fraction of sp³-hybridized carbons (Fsp3) is 0.375. The molecule has 0 saturated heterocycles. The quantitative estimate of drug-likeness (QED) is 0.871. The van der Waals surface area contributed by atoms with Crippen molar-refractivity contribution in [3.63, 3.8) is 0 Å². The van der Waals surface area contributed by atoms with Crippen LogP contribution in [-0.4, -0.2) is 24.7 Å². The normalized spacial score (nSPS) is 13.4. The average molecular weight is 292 g/mol. The molecule has 2 rings (SSSR count). The Morgan fingerprint density at radius 2 is 2.13 bits per heavy atom. The van der Waals surface area contributed by atoms with E-state index in [1.807, 2.05) is 6.92 Å². The summed E-state index contributed by atoms with van der Waals surface area (Å²) in [6.45, 7) is 3.41. The van der Waals surface area contributed by atoms with Gasteiger partial charge >= 0.3 is 0 Å². The zero-order chi connectivity index (χ0) is 11.2. The molecule has 2 aromatic rings. The van der Waals surface area contributed by atoms with Gasteiger partial charge in [-0.2, -0.15) is 14.6 Å². The molecule has 2 heterocycles. The molecule has 0 saturated carbocycles. The van der Waals surface area contributed by atoms with E-state index in [9.17, 15) is 5.11 Å². The van der Waals surface area contributed by atoms with Crippen LogP contribution in [-0.2, 0) is 0 Å². The van der Waals surface area contributed by atoms with Crippen molar-refractivity contribution in [2.45, 2.75) is 20.0 Å². The molecule has 15 heavy (non-hydrogen) atoms. The molecule has 0 aromatic carbocycles. The first-order valence-electron chi connectivity index (χ1n) is 4.27. The first-order chi connectivity index (χ1) is 7.00. The second kappa shape index (κ2) is 3.70. The minimum absolute atomic E-state index is 0.185. The predicted octanol–water partition coefficient (Wildman–Crippen LogP) is 1.90. The number of rotatable bonds is 1. The lowest BCUT2D eigenvalue weighted by atomic mass is 10.4. The number of aromatic nitrogens is 4. The molecule has 1 unspecified atom stereocenters. The van der Waals surface area contributed by atoms with Gasteiger partial charge in [-0.15, -0.1) is 0 Å². The van der Waals surface area contributed by atoms with Crippen LogP contribution in [0, 0.1) is 6.92 Å². The summed E-state index contributed by atoms with van der Waals surface area (Å²) in [5, 5.41) is 13.7. The summed E-state index contributed by atoms with van der Waals surface area (Å²) in [5.74, 6) is 0.285. The maximum atomic E-state index is 9.38. The lowest BCUT2D eigenvalue weighted by molar-refractivity contribution is 0.189. The zero-order valence-corrected chi connectivity index (χ0v) is 10.4. The monoisotopic (exact) mass is 290 g/mol. The van der Waals surface area contributed by atoms with Crippen LogP contribution in [0.3, 0.4) is 0 Å². The van der Waals surface area contributed by atoms with E-state index in [4.69, 9.17) is 11.6 Å². The summed E-state index contributed by atoms with van der Waals surface area (Å²) in [6, 6.07) is 0. The number of hydrogen-bond donors (Lipinski definition) is 1. The molecule has 80 valence electrons. The van der Waals surface area contributed by atoms with Crippen molar-refractivity contribution in [2.24, 2.45) is 0 Å². The van der Waals surface area contributed by atoms with Crippen LogP contribution in [0.4, 0.5) is 0 Å². The van der Waals surface area contributed by atoms with Crippen molar-refractivity contribution in [3.8, 4) is 0 Å². The van der Waals surface area contributed by atoms with Gasteiger partial charge in [-0.1, -0.05) is 0 Å². The Morgan fingerprint density at radius 1 is 1.47 bits per heavy atom. The lowest BCUT2D eigenvalue weighted by Gasteiger charge is -2.03. The number of aliphatic hydroxyl groups excluding tert-OH is 1. The molecule has 0 amide bonds. The van der Waals surface area contributed by atoms with Crippen LogP contribution in [0.5, 0.6) is 0 Å². The molecule has 5 nitrogen and oxygen atoms in total. The summed E-state index contributed by atoms with van der Waals surface area (Å²) in [5.41, 5.74) is 1.33. The molecule has 2 aromatic heterocycles. The van der Waals surface area contributed by atoms with E-state index in [1.54, 1.807) is 6.92 Å². The molecule has 1 atom stereocenters. The summed E-state index contributed by atoms with van der Waals surface area (Å²) in [4.78, 5) is 8.10. The highest BCUT2D eigenvalue weighted by molar-refractivity contribution is 9.10. The van der Waals surface area contributed by atoms with Crippen LogP contribution >= 0.6 is 27.5 Å². The van der Waals surface area contributed by atoms with Crippen LogP contribution in [0.2, 0.25) is 5.28 Å². The Morgan fingerprint density at radius 3 is 2.73 bits per heavy atom. The van der Waals surface area contributed by atoms with Gasteiger partial charge in [-0.05, 0) is 41.4 Å². The van der Waals surface area contributed by atoms with E-state index < -0.39 is 6.10 Å². The molecule has 0 spiro atoms. The highest BCUT2D eigenvalue weighted by Gasteiger charge is 2.15. The van der Waals surface area contributed by atoms with Crippen molar-refractivity contribution in [1.82, 2.24) is 19.6 Å². The summed E-state index contributed by atoms with van der Waals surface area (Å²) >= 11 is 9.26. The Labute approximate surface area is 99.2 Å². The van der Waals surface area contributed by atoms with E-state index in [0.29, 0.717) is 5.65 Å². The second-order valence-corrected chi connectivity index (χ2v) is 4.29. The van der Waals surface area contributed by atoms with Gasteiger partial charge in [0.05, 0.1) is 10.2 Å². The van der Waals surface area contributed by atoms with Gasteiger partial charge in [0.25, 0.3) is 0 Å². The predicted molar refractivity (Wildman–Crippen MR) is 58.9 cm³/mol. The molecule has 0 aliphatic rings. The maximum Gasteiger partial charge on any atom is 0.227 e. The van der Waals surface area contributed by atoms with E-state index >= 15 is 0 Å².